The molecule has 0 spiro atoms. The van der Waals surface area contributed by atoms with Crippen molar-refractivity contribution in [3.05, 3.63) is 29.8 Å². The van der Waals surface area contributed by atoms with Gasteiger partial charge >= 0.3 is 15.2 Å². The van der Waals surface area contributed by atoms with Crippen molar-refractivity contribution < 1.29 is 30.9 Å². The Kier molecular flexibility index (Phi) is 4.74. The second-order valence-corrected chi connectivity index (χ2v) is 5.64. The van der Waals surface area contributed by atoms with E-state index in [4.69, 9.17) is 17.7 Å². The number of hydrogen-bond acceptors (Lipinski definition) is 4. The van der Waals surface area contributed by atoms with Gasteiger partial charge in [0.05, 0.1) is 5.56 Å². The Hall–Kier alpha value is -1.09. The molecule has 0 atom stereocenters. The summed E-state index contributed by atoms with van der Waals surface area (Å²) in [5.41, 5.74) is -0.909. The summed E-state index contributed by atoms with van der Waals surface area (Å²) in [5, 5.41) is 0. The van der Waals surface area contributed by atoms with Crippen LogP contribution in [0.5, 0.6) is 5.75 Å². The van der Waals surface area contributed by atoms with Gasteiger partial charge in [-0.25, -0.2) is 0 Å². The fourth-order valence-corrected chi connectivity index (χ4v) is 2.50. The van der Waals surface area contributed by atoms with E-state index in [0.29, 0.717) is 0 Å². The van der Waals surface area contributed by atoms with Crippen LogP contribution in [-0.2, 0) is 19.5 Å². The maximum atomic E-state index is 12.7. The van der Waals surface area contributed by atoms with Crippen LogP contribution in [0.25, 0.3) is 0 Å². The van der Waals surface area contributed by atoms with E-state index in [2.05, 4.69) is 0 Å². The topological polar surface area (TPSA) is 36.9 Å². The van der Waals surface area contributed by atoms with Gasteiger partial charge in [0, 0.05) is 21.3 Å². The number of rotatable bonds is 5. The Bertz CT molecular complexity index is 385. The van der Waals surface area contributed by atoms with Crippen molar-refractivity contribution in [2.24, 2.45) is 0 Å². The molecule has 0 saturated carbocycles. The molecule has 8 heteroatoms. The summed E-state index contributed by atoms with van der Waals surface area (Å²) in [6.07, 6.45) is -4.52. The van der Waals surface area contributed by atoms with Crippen LogP contribution in [0.1, 0.15) is 5.56 Å². The largest absolute Gasteiger partial charge is 0.748 e. The first kappa shape index (κ1) is 15.0. The summed E-state index contributed by atoms with van der Waals surface area (Å²) in [4.78, 5) is 0. The van der Waals surface area contributed by atoms with Gasteiger partial charge in [0.15, 0.2) is 0 Å². The third-order valence-electron chi connectivity index (χ3n) is 2.18. The van der Waals surface area contributed by atoms with E-state index in [0.717, 1.165) is 6.07 Å². The van der Waals surface area contributed by atoms with Gasteiger partial charge < -0.3 is 17.7 Å². The molecule has 0 radical (unpaired) electrons. The number of benzene rings is 1. The van der Waals surface area contributed by atoms with Crippen LogP contribution >= 0.6 is 0 Å². The Morgan fingerprint density at radius 2 is 1.44 bits per heavy atom. The molecule has 0 fully saturated rings. The van der Waals surface area contributed by atoms with Gasteiger partial charge in [-0.1, -0.05) is 12.1 Å². The molecule has 18 heavy (non-hydrogen) atoms. The summed E-state index contributed by atoms with van der Waals surface area (Å²) in [6, 6.07) is 4.78. The average molecular weight is 282 g/mol. The predicted molar refractivity (Wildman–Crippen MR) is 58.9 cm³/mol. The van der Waals surface area contributed by atoms with Crippen LogP contribution in [-0.4, -0.2) is 30.4 Å². The van der Waals surface area contributed by atoms with E-state index in [-0.39, 0.29) is 5.75 Å². The second kappa shape index (κ2) is 5.70. The first-order valence-electron chi connectivity index (χ1n) is 4.89. The fourth-order valence-electron chi connectivity index (χ4n) is 1.30. The lowest BCUT2D eigenvalue weighted by Crippen LogP contribution is -2.49. The molecule has 0 amide bonds. The lowest BCUT2D eigenvalue weighted by Gasteiger charge is -2.25. The zero-order chi connectivity index (χ0) is 13.8. The minimum atomic E-state index is -4.52. The highest BCUT2D eigenvalue weighted by molar-refractivity contribution is 6.54. The minimum Gasteiger partial charge on any atom is -0.479 e. The van der Waals surface area contributed by atoms with Gasteiger partial charge in [0.2, 0.25) is 0 Å². The van der Waals surface area contributed by atoms with Crippen LogP contribution in [0, 0.1) is 0 Å². The summed E-state index contributed by atoms with van der Waals surface area (Å²) >= 11 is 0. The lowest BCUT2D eigenvalue weighted by atomic mass is 10.2. The summed E-state index contributed by atoms with van der Waals surface area (Å²) in [5.74, 6) is -0.387. The molecular weight excluding hydrogens is 269 g/mol. The van der Waals surface area contributed by atoms with Crippen molar-refractivity contribution in [2.75, 3.05) is 21.3 Å². The molecule has 0 bridgehead atoms. The van der Waals surface area contributed by atoms with E-state index in [1.165, 1.54) is 39.5 Å². The standard InChI is InChI=1S/C10H13F3O4Si/c1-14-18(15-2,16-3)17-9-7-5-4-6-8(9)10(11,12)13/h4-7H,1-3H3. The fraction of sp³-hybridized carbons (Fsp3) is 0.400. The smallest absolute Gasteiger partial charge is 0.479 e. The molecule has 0 N–H and O–H groups in total. The molecule has 0 saturated heterocycles. The number of alkyl halides is 3. The van der Waals surface area contributed by atoms with Crippen molar-refractivity contribution in [3.8, 4) is 5.75 Å². The second-order valence-electron chi connectivity index (χ2n) is 3.21. The lowest BCUT2D eigenvalue weighted by molar-refractivity contribution is -0.138. The molecule has 1 aromatic carbocycles. The molecule has 1 aromatic rings. The summed E-state index contributed by atoms with van der Waals surface area (Å²) in [6.45, 7) is 0. The van der Waals surface area contributed by atoms with Crippen molar-refractivity contribution in [2.45, 2.75) is 6.18 Å². The van der Waals surface area contributed by atoms with Gasteiger partial charge in [-0.3, -0.25) is 0 Å². The van der Waals surface area contributed by atoms with Gasteiger partial charge in [-0.15, -0.1) is 0 Å². The summed E-state index contributed by atoms with van der Waals surface area (Å²) in [7, 11) is 0.168. The monoisotopic (exact) mass is 282 g/mol. The van der Waals surface area contributed by atoms with Gasteiger partial charge in [0.1, 0.15) is 5.75 Å². The molecule has 0 heterocycles. The Balaban J connectivity index is 3.11. The maximum absolute atomic E-state index is 12.7. The zero-order valence-corrected chi connectivity index (χ0v) is 11.1. The highest BCUT2D eigenvalue weighted by Crippen LogP contribution is 2.36. The molecule has 0 aliphatic carbocycles. The van der Waals surface area contributed by atoms with E-state index in [1.54, 1.807) is 0 Å². The number of hydrogen-bond donors (Lipinski definition) is 0. The van der Waals surface area contributed by atoms with Crippen LogP contribution in [0.3, 0.4) is 0 Å². The first-order chi connectivity index (χ1) is 8.38. The number of para-hydroxylation sites is 1. The molecule has 1 rings (SSSR count). The first-order valence-corrected chi connectivity index (χ1v) is 6.52. The van der Waals surface area contributed by atoms with E-state index >= 15 is 0 Å². The molecule has 102 valence electrons. The molecular formula is C10H13F3O4Si. The quantitative estimate of drug-likeness (QED) is 0.777. The van der Waals surface area contributed by atoms with Crippen LogP contribution in [0.4, 0.5) is 13.2 Å². The SMILES string of the molecule is CO[Si](OC)(OC)Oc1ccccc1C(F)(F)F. The number of halogens is 3. The molecule has 0 aromatic heterocycles. The Labute approximate surface area is 104 Å². The minimum absolute atomic E-state index is 0.387. The van der Waals surface area contributed by atoms with Crippen LogP contribution < -0.4 is 4.43 Å². The Morgan fingerprint density at radius 3 is 1.89 bits per heavy atom. The third kappa shape index (κ3) is 3.22. The predicted octanol–water partition coefficient (Wildman–Crippen LogP) is 2.46. The molecule has 0 aliphatic heterocycles. The van der Waals surface area contributed by atoms with E-state index < -0.39 is 20.8 Å². The zero-order valence-electron chi connectivity index (χ0n) is 10.1. The average Bonchev–Trinajstić information content (AvgIpc) is 2.35. The Morgan fingerprint density at radius 1 is 0.944 bits per heavy atom. The highest BCUT2D eigenvalue weighted by atomic mass is 28.4. The van der Waals surface area contributed by atoms with E-state index in [9.17, 15) is 13.2 Å². The normalized spacial score (nSPS) is 12.6. The molecule has 0 aliphatic rings. The maximum Gasteiger partial charge on any atom is 0.748 e. The van der Waals surface area contributed by atoms with Gasteiger partial charge in [0.25, 0.3) is 0 Å². The van der Waals surface area contributed by atoms with E-state index in [1.807, 2.05) is 0 Å². The molecule has 0 unspecified atom stereocenters. The van der Waals surface area contributed by atoms with Crippen molar-refractivity contribution >= 4 is 9.05 Å². The van der Waals surface area contributed by atoms with Crippen LogP contribution in [0.2, 0.25) is 0 Å². The van der Waals surface area contributed by atoms with Gasteiger partial charge in [-0.05, 0) is 12.1 Å². The highest BCUT2D eigenvalue weighted by Gasteiger charge is 2.47. The molecule has 4 nitrogen and oxygen atoms in total. The van der Waals surface area contributed by atoms with Crippen molar-refractivity contribution in [3.63, 3.8) is 0 Å². The van der Waals surface area contributed by atoms with Gasteiger partial charge in [-0.2, -0.15) is 13.2 Å². The van der Waals surface area contributed by atoms with Crippen molar-refractivity contribution in [1.82, 2.24) is 0 Å². The third-order valence-corrected chi connectivity index (χ3v) is 4.15. The summed E-state index contributed by atoms with van der Waals surface area (Å²) < 4.78 is 58.1. The van der Waals surface area contributed by atoms with Crippen LogP contribution in [0.15, 0.2) is 24.3 Å². The van der Waals surface area contributed by atoms with Crippen molar-refractivity contribution in [1.29, 1.82) is 0 Å².